The molecule has 2 N–H and O–H groups in total. The largest absolute Gasteiger partial charge is 0.319 e. The Labute approximate surface area is 66.3 Å². The van der Waals surface area contributed by atoms with Crippen LogP contribution in [0.15, 0.2) is 24.5 Å². The van der Waals surface area contributed by atoms with Gasteiger partial charge in [0.2, 0.25) is 12.4 Å². The SMILES string of the molecule is CNCCc1ccc[n+](O)c1. The van der Waals surface area contributed by atoms with Crippen molar-refractivity contribution >= 4 is 0 Å². The second kappa shape index (κ2) is 3.93. The van der Waals surface area contributed by atoms with Crippen molar-refractivity contribution in [2.45, 2.75) is 6.42 Å². The maximum Gasteiger partial charge on any atom is 0.225 e. The number of pyridine rings is 1. The number of likely N-dealkylation sites (N-methyl/N-ethyl adjacent to an activating group) is 1. The van der Waals surface area contributed by atoms with E-state index in [1.807, 2.05) is 19.2 Å². The molecule has 0 saturated heterocycles. The van der Waals surface area contributed by atoms with Gasteiger partial charge in [0, 0.05) is 16.4 Å². The zero-order valence-electron chi connectivity index (χ0n) is 6.62. The fourth-order valence-electron chi connectivity index (χ4n) is 0.928. The van der Waals surface area contributed by atoms with E-state index in [1.165, 1.54) is 0 Å². The molecular formula is C8H13N2O+. The van der Waals surface area contributed by atoms with Crippen molar-refractivity contribution in [2.24, 2.45) is 0 Å². The summed E-state index contributed by atoms with van der Waals surface area (Å²) in [4.78, 5) is 0. The van der Waals surface area contributed by atoms with Crippen LogP contribution in [-0.2, 0) is 6.42 Å². The van der Waals surface area contributed by atoms with E-state index in [9.17, 15) is 0 Å². The summed E-state index contributed by atoms with van der Waals surface area (Å²) in [6.07, 6.45) is 4.25. The second-order valence-corrected chi connectivity index (χ2v) is 2.45. The van der Waals surface area contributed by atoms with E-state index < -0.39 is 0 Å². The van der Waals surface area contributed by atoms with Gasteiger partial charge < -0.3 is 5.32 Å². The third-order valence-corrected chi connectivity index (χ3v) is 1.51. The number of hydrogen-bond donors (Lipinski definition) is 2. The Balaban J connectivity index is 2.56. The van der Waals surface area contributed by atoms with E-state index in [2.05, 4.69) is 5.32 Å². The molecule has 0 saturated carbocycles. The quantitative estimate of drug-likeness (QED) is 0.472. The van der Waals surface area contributed by atoms with Crippen molar-refractivity contribution in [1.29, 1.82) is 0 Å². The summed E-state index contributed by atoms with van der Waals surface area (Å²) >= 11 is 0. The molecule has 0 radical (unpaired) electrons. The molecule has 1 heterocycles. The van der Waals surface area contributed by atoms with E-state index in [4.69, 9.17) is 5.21 Å². The van der Waals surface area contributed by atoms with Crippen molar-refractivity contribution in [3.8, 4) is 0 Å². The molecule has 0 unspecified atom stereocenters. The predicted octanol–water partition coefficient (Wildman–Crippen LogP) is -0.0267. The number of nitrogens with one attached hydrogen (secondary N) is 1. The molecule has 60 valence electrons. The van der Waals surface area contributed by atoms with Gasteiger partial charge in [-0.15, -0.1) is 0 Å². The minimum Gasteiger partial charge on any atom is -0.319 e. The van der Waals surface area contributed by atoms with Crippen LogP contribution < -0.4 is 10.0 Å². The Bertz CT molecular complexity index is 225. The molecule has 0 aliphatic heterocycles. The van der Waals surface area contributed by atoms with E-state index in [-0.39, 0.29) is 0 Å². The molecular weight excluding hydrogens is 140 g/mol. The molecule has 3 nitrogen and oxygen atoms in total. The standard InChI is InChI=1S/C8H13N2O/c1-9-5-4-8-3-2-6-10(11)7-8/h2-3,6-7,9,11H,4-5H2,1H3/q+1. The van der Waals surface area contributed by atoms with Gasteiger partial charge in [0.25, 0.3) is 0 Å². The zero-order valence-corrected chi connectivity index (χ0v) is 6.62. The molecule has 0 fully saturated rings. The monoisotopic (exact) mass is 153 g/mol. The minimum atomic E-state index is 0.935. The maximum atomic E-state index is 9.01. The normalized spacial score (nSPS) is 9.91. The highest BCUT2D eigenvalue weighted by Crippen LogP contribution is 1.93. The van der Waals surface area contributed by atoms with Crippen LogP contribution in [0, 0.1) is 0 Å². The highest BCUT2D eigenvalue weighted by Gasteiger charge is 1.98. The van der Waals surface area contributed by atoms with Gasteiger partial charge in [0.05, 0.1) is 0 Å². The average molecular weight is 153 g/mol. The van der Waals surface area contributed by atoms with E-state index in [1.54, 1.807) is 12.4 Å². The molecule has 11 heavy (non-hydrogen) atoms. The van der Waals surface area contributed by atoms with Gasteiger partial charge >= 0.3 is 0 Å². The van der Waals surface area contributed by atoms with Crippen LogP contribution in [-0.4, -0.2) is 18.8 Å². The van der Waals surface area contributed by atoms with Gasteiger partial charge in [0.1, 0.15) is 0 Å². The topological polar surface area (TPSA) is 36.1 Å². The predicted molar refractivity (Wildman–Crippen MR) is 41.5 cm³/mol. The summed E-state index contributed by atoms with van der Waals surface area (Å²) in [5.74, 6) is 0. The van der Waals surface area contributed by atoms with Crippen molar-refractivity contribution in [3.05, 3.63) is 30.1 Å². The molecule has 0 amide bonds. The van der Waals surface area contributed by atoms with Gasteiger partial charge in [-0.2, -0.15) is 0 Å². The first-order valence-corrected chi connectivity index (χ1v) is 3.67. The van der Waals surface area contributed by atoms with Gasteiger partial charge in [-0.25, -0.2) is 0 Å². The first-order chi connectivity index (χ1) is 5.33. The van der Waals surface area contributed by atoms with Crippen LogP contribution in [0.25, 0.3) is 0 Å². The summed E-state index contributed by atoms with van der Waals surface area (Å²) < 4.78 is 1.07. The first-order valence-electron chi connectivity index (χ1n) is 3.67. The summed E-state index contributed by atoms with van der Waals surface area (Å²) in [6, 6.07) is 3.81. The van der Waals surface area contributed by atoms with Crippen molar-refractivity contribution in [1.82, 2.24) is 5.32 Å². The molecule has 0 bridgehead atoms. The van der Waals surface area contributed by atoms with Gasteiger partial charge in [-0.3, -0.25) is 5.21 Å². The Morgan fingerprint density at radius 2 is 2.45 bits per heavy atom. The molecule has 0 aromatic carbocycles. The fraction of sp³-hybridized carbons (Fsp3) is 0.375. The third-order valence-electron chi connectivity index (χ3n) is 1.51. The van der Waals surface area contributed by atoms with Crippen LogP contribution in [0.4, 0.5) is 0 Å². The highest BCUT2D eigenvalue weighted by atomic mass is 16.5. The summed E-state index contributed by atoms with van der Waals surface area (Å²) in [5, 5.41) is 12.1. The molecule has 0 aliphatic rings. The maximum absolute atomic E-state index is 9.01. The molecule has 1 aromatic heterocycles. The lowest BCUT2D eigenvalue weighted by atomic mass is 10.2. The summed E-state index contributed by atoms with van der Waals surface area (Å²) in [5.41, 5.74) is 1.13. The van der Waals surface area contributed by atoms with Crippen LogP contribution in [0.1, 0.15) is 5.56 Å². The first kappa shape index (κ1) is 8.01. The summed E-state index contributed by atoms with van der Waals surface area (Å²) in [7, 11) is 1.91. The van der Waals surface area contributed by atoms with E-state index in [0.717, 1.165) is 23.3 Å². The van der Waals surface area contributed by atoms with Gasteiger partial charge in [0.15, 0.2) is 0 Å². The fourth-order valence-corrected chi connectivity index (χ4v) is 0.928. The van der Waals surface area contributed by atoms with Crippen molar-refractivity contribution < 1.29 is 9.94 Å². The number of hydrogen-bond acceptors (Lipinski definition) is 2. The van der Waals surface area contributed by atoms with Gasteiger partial charge in [-0.05, 0) is 26.1 Å². The number of nitrogens with zero attached hydrogens (tertiary/aromatic N) is 1. The number of rotatable bonds is 3. The Kier molecular flexibility index (Phi) is 2.86. The average Bonchev–Trinajstić information content (AvgIpc) is 2.01. The molecule has 1 rings (SSSR count). The lowest BCUT2D eigenvalue weighted by Gasteiger charge is -1.95. The van der Waals surface area contributed by atoms with E-state index >= 15 is 0 Å². The zero-order chi connectivity index (χ0) is 8.10. The lowest BCUT2D eigenvalue weighted by Crippen LogP contribution is -2.29. The lowest BCUT2D eigenvalue weighted by molar-refractivity contribution is -0.905. The van der Waals surface area contributed by atoms with E-state index in [0.29, 0.717) is 0 Å². The van der Waals surface area contributed by atoms with Crippen molar-refractivity contribution in [3.63, 3.8) is 0 Å². The highest BCUT2D eigenvalue weighted by molar-refractivity contribution is 5.05. The van der Waals surface area contributed by atoms with Gasteiger partial charge in [-0.1, -0.05) is 0 Å². The molecule has 3 heteroatoms. The Morgan fingerprint density at radius 1 is 1.64 bits per heavy atom. The van der Waals surface area contributed by atoms with Crippen LogP contribution >= 0.6 is 0 Å². The van der Waals surface area contributed by atoms with Crippen LogP contribution in [0.5, 0.6) is 0 Å². The minimum absolute atomic E-state index is 0.935. The summed E-state index contributed by atoms with van der Waals surface area (Å²) in [6.45, 7) is 0.935. The van der Waals surface area contributed by atoms with Crippen LogP contribution in [0.2, 0.25) is 0 Å². The van der Waals surface area contributed by atoms with Crippen LogP contribution in [0.3, 0.4) is 0 Å². The molecule has 0 spiro atoms. The second-order valence-electron chi connectivity index (χ2n) is 2.45. The third kappa shape index (κ3) is 2.55. The molecule has 0 atom stereocenters. The Morgan fingerprint density at radius 3 is 3.09 bits per heavy atom. The smallest absolute Gasteiger partial charge is 0.225 e. The molecule has 0 aliphatic carbocycles. The number of aromatic nitrogens is 1. The molecule has 1 aromatic rings. The van der Waals surface area contributed by atoms with Crippen molar-refractivity contribution in [2.75, 3.05) is 13.6 Å². The Hall–Kier alpha value is -1.09.